The van der Waals surface area contributed by atoms with Gasteiger partial charge >= 0.3 is 0 Å². The van der Waals surface area contributed by atoms with Crippen LogP contribution in [0, 0.1) is 0 Å². The number of nitrogens with zero attached hydrogens (tertiary/aromatic N) is 2. The Morgan fingerprint density at radius 2 is 2.06 bits per heavy atom. The van der Waals surface area contributed by atoms with Gasteiger partial charge in [0.1, 0.15) is 17.8 Å². The van der Waals surface area contributed by atoms with Crippen LogP contribution >= 0.6 is 23.2 Å². The SMILES string of the molecule is Nc1cncnc1Oc1ccc(Cl)cc1Cl. The number of halogens is 2. The Balaban J connectivity index is 2.31. The van der Waals surface area contributed by atoms with Crippen LogP contribution in [0.1, 0.15) is 0 Å². The van der Waals surface area contributed by atoms with Gasteiger partial charge in [-0.2, -0.15) is 4.98 Å². The van der Waals surface area contributed by atoms with Gasteiger partial charge in [-0.05, 0) is 18.2 Å². The van der Waals surface area contributed by atoms with Crippen LogP contribution in [0.25, 0.3) is 0 Å². The summed E-state index contributed by atoms with van der Waals surface area (Å²) in [5.74, 6) is 0.704. The van der Waals surface area contributed by atoms with Gasteiger partial charge in [0, 0.05) is 5.02 Å². The highest BCUT2D eigenvalue weighted by atomic mass is 35.5. The summed E-state index contributed by atoms with van der Waals surface area (Å²) in [6.07, 6.45) is 2.79. The van der Waals surface area contributed by atoms with Crippen LogP contribution in [-0.2, 0) is 0 Å². The molecule has 4 nitrogen and oxygen atoms in total. The van der Waals surface area contributed by atoms with Gasteiger partial charge in [-0.25, -0.2) is 4.98 Å². The van der Waals surface area contributed by atoms with Gasteiger partial charge in [-0.15, -0.1) is 0 Å². The van der Waals surface area contributed by atoms with Crippen molar-refractivity contribution in [3.63, 3.8) is 0 Å². The molecule has 0 unspecified atom stereocenters. The van der Waals surface area contributed by atoms with Crippen molar-refractivity contribution in [2.75, 3.05) is 5.73 Å². The molecule has 0 atom stereocenters. The molecule has 0 aliphatic carbocycles. The normalized spacial score (nSPS) is 10.1. The fourth-order valence-corrected chi connectivity index (χ4v) is 1.52. The standard InChI is InChI=1S/C10H7Cl2N3O/c11-6-1-2-9(7(12)3-6)16-10-8(13)4-14-5-15-10/h1-5H,13H2. The largest absolute Gasteiger partial charge is 0.435 e. The zero-order chi connectivity index (χ0) is 11.5. The summed E-state index contributed by atoms with van der Waals surface area (Å²) >= 11 is 11.7. The molecule has 0 amide bonds. The van der Waals surface area contributed by atoms with E-state index >= 15 is 0 Å². The van der Waals surface area contributed by atoms with Crippen LogP contribution in [0.15, 0.2) is 30.7 Å². The molecule has 0 saturated heterocycles. The number of hydrogen-bond donors (Lipinski definition) is 1. The van der Waals surface area contributed by atoms with Gasteiger partial charge in [0.05, 0.1) is 11.2 Å². The van der Waals surface area contributed by atoms with Gasteiger partial charge in [-0.3, -0.25) is 0 Å². The monoisotopic (exact) mass is 255 g/mol. The van der Waals surface area contributed by atoms with Crippen molar-refractivity contribution in [3.8, 4) is 11.6 Å². The number of nitrogen functional groups attached to an aromatic ring is 1. The van der Waals surface area contributed by atoms with Crippen molar-refractivity contribution >= 4 is 28.9 Å². The average Bonchev–Trinajstić information content (AvgIpc) is 2.25. The molecule has 0 fully saturated rings. The number of aromatic nitrogens is 2. The van der Waals surface area contributed by atoms with Gasteiger partial charge in [-0.1, -0.05) is 23.2 Å². The molecule has 82 valence electrons. The van der Waals surface area contributed by atoms with Crippen molar-refractivity contribution in [3.05, 3.63) is 40.8 Å². The summed E-state index contributed by atoms with van der Waals surface area (Å²) in [5.41, 5.74) is 5.97. The Morgan fingerprint density at radius 1 is 1.25 bits per heavy atom. The zero-order valence-electron chi connectivity index (χ0n) is 8.02. The van der Waals surface area contributed by atoms with E-state index in [4.69, 9.17) is 33.7 Å². The maximum atomic E-state index is 5.94. The van der Waals surface area contributed by atoms with Crippen LogP contribution in [-0.4, -0.2) is 9.97 Å². The topological polar surface area (TPSA) is 61.0 Å². The van der Waals surface area contributed by atoms with E-state index in [0.717, 1.165) is 0 Å². The summed E-state index contributed by atoms with van der Waals surface area (Å²) in [5, 5.41) is 0.929. The first-order valence-electron chi connectivity index (χ1n) is 4.35. The molecule has 0 saturated carbocycles. The summed E-state index contributed by atoms with van der Waals surface area (Å²) in [6.45, 7) is 0. The van der Waals surface area contributed by atoms with Gasteiger partial charge in [0.2, 0.25) is 5.88 Å². The maximum absolute atomic E-state index is 5.94. The van der Waals surface area contributed by atoms with E-state index < -0.39 is 0 Å². The summed E-state index contributed by atoms with van der Waals surface area (Å²) in [7, 11) is 0. The second kappa shape index (κ2) is 4.55. The lowest BCUT2D eigenvalue weighted by Crippen LogP contribution is -1.95. The Bertz CT molecular complexity index is 519. The smallest absolute Gasteiger partial charge is 0.245 e. The number of hydrogen-bond acceptors (Lipinski definition) is 4. The summed E-state index contributed by atoms with van der Waals surface area (Å²) < 4.78 is 5.43. The third-order valence-corrected chi connectivity index (χ3v) is 2.33. The van der Waals surface area contributed by atoms with E-state index in [1.807, 2.05) is 0 Å². The lowest BCUT2D eigenvalue weighted by molar-refractivity contribution is 0.464. The molecule has 2 rings (SSSR count). The van der Waals surface area contributed by atoms with Crippen LogP contribution in [0.4, 0.5) is 5.69 Å². The van der Waals surface area contributed by atoms with Crippen molar-refractivity contribution in [1.82, 2.24) is 9.97 Å². The fraction of sp³-hybridized carbons (Fsp3) is 0. The van der Waals surface area contributed by atoms with E-state index in [9.17, 15) is 0 Å². The highest BCUT2D eigenvalue weighted by Crippen LogP contribution is 2.32. The average molecular weight is 256 g/mol. The van der Waals surface area contributed by atoms with Crippen LogP contribution < -0.4 is 10.5 Å². The molecule has 1 heterocycles. The molecular weight excluding hydrogens is 249 g/mol. The minimum atomic E-state index is 0.263. The first-order chi connectivity index (χ1) is 7.66. The maximum Gasteiger partial charge on any atom is 0.245 e. The van der Waals surface area contributed by atoms with Gasteiger partial charge < -0.3 is 10.5 Å². The van der Waals surface area contributed by atoms with E-state index in [-0.39, 0.29) is 5.88 Å². The van der Waals surface area contributed by atoms with Crippen LogP contribution in [0.3, 0.4) is 0 Å². The Labute approximate surface area is 102 Å². The molecule has 2 aromatic rings. The highest BCUT2D eigenvalue weighted by Gasteiger charge is 2.07. The van der Waals surface area contributed by atoms with E-state index in [0.29, 0.717) is 21.5 Å². The molecule has 0 spiro atoms. The molecule has 0 aliphatic heterocycles. The summed E-state index contributed by atoms with van der Waals surface area (Å²) in [6, 6.07) is 4.89. The lowest BCUT2D eigenvalue weighted by Gasteiger charge is -2.07. The van der Waals surface area contributed by atoms with Gasteiger partial charge in [0.25, 0.3) is 0 Å². The van der Waals surface area contributed by atoms with Crippen molar-refractivity contribution in [2.24, 2.45) is 0 Å². The van der Waals surface area contributed by atoms with Crippen LogP contribution in [0.5, 0.6) is 11.6 Å². The predicted octanol–water partition coefficient (Wildman–Crippen LogP) is 3.16. The quantitative estimate of drug-likeness (QED) is 0.896. The number of nitrogens with two attached hydrogens (primary N) is 1. The molecule has 16 heavy (non-hydrogen) atoms. The van der Waals surface area contributed by atoms with Crippen molar-refractivity contribution in [2.45, 2.75) is 0 Å². The summed E-state index contributed by atoms with van der Waals surface area (Å²) in [4.78, 5) is 7.64. The second-order valence-electron chi connectivity index (χ2n) is 2.96. The molecule has 1 aromatic carbocycles. The molecule has 6 heteroatoms. The van der Waals surface area contributed by atoms with E-state index in [2.05, 4.69) is 9.97 Å². The number of ether oxygens (including phenoxy) is 1. The molecular formula is C10H7Cl2N3O. The Morgan fingerprint density at radius 3 is 2.75 bits per heavy atom. The number of anilines is 1. The zero-order valence-corrected chi connectivity index (χ0v) is 9.53. The molecule has 2 N–H and O–H groups in total. The number of rotatable bonds is 2. The molecule has 0 aliphatic rings. The first kappa shape index (κ1) is 11.0. The van der Waals surface area contributed by atoms with E-state index in [1.54, 1.807) is 18.2 Å². The molecule has 0 bridgehead atoms. The van der Waals surface area contributed by atoms with Crippen molar-refractivity contribution in [1.29, 1.82) is 0 Å². The predicted molar refractivity (Wildman–Crippen MR) is 63.0 cm³/mol. The first-order valence-corrected chi connectivity index (χ1v) is 5.11. The minimum absolute atomic E-state index is 0.263. The highest BCUT2D eigenvalue weighted by molar-refractivity contribution is 6.35. The Kier molecular flexibility index (Phi) is 3.12. The second-order valence-corrected chi connectivity index (χ2v) is 3.80. The van der Waals surface area contributed by atoms with Crippen LogP contribution in [0.2, 0.25) is 10.0 Å². The number of benzene rings is 1. The Hall–Kier alpha value is -1.52. The van der Waals surface area contributed by atoms with Crippen molar-refractivity contribution < 1.29 is 4.74 Å². The minimum Gasteiger partial charge on any atom is -0.435 e. The molecule has 0 radical (unpaired) electrons. The van der Waals surface area contributed by atoms with E-state index in [1.165, 1.54) is 12.5 Å². The molecule has 1 aromatic heterocycles. The van der Waals surface area contributed by atoms with Gasteiger partial charge in [0.15, 0.2) is 0 Å². The third-order valence-electron chi connectivity index (χ3n) is 1.80. The fourth-order valence-electron chi connectivity index (χ4n) is 1.08. The lowest BCUT2D eigenvalue weighted by atomic mass is 10.3. The third kappa shape index (κ3) is 2.35.